The van der Waals surface area contributed by atoms with Crippen LogP contribution in [0.4, 0.5) is 5.82 Å². The van der Waals surface area contributed by atoms with Gasteiger partial charge in [0.25, 0.3) is 5.91 Å². The molecular weight excluding hydrogens is 392 g/mol. The Morgan fingerprint density at radius 1 is 1.29 bits per heavy atom. The van der Waals surface area contributed by atoms with Gasteiger partial charge in [-0.2, -0.15) is 5.10 Å². The summed E-state index contributed by atoms with van der Waals surface area (Å²) in [6.07, 6.45) is 4.79. The van der Waals surface area contributed by atoms with E-state index >= 15 is 0 Å². The molecule has 4 rings (SSSR count). The highest BCUT2D eigenvalue weighted by molar-refractivity contribution is 6.02. The lowest BCUT2D eigenvalue weighted by Crippen LogP contribution is -2.48. The Balaban J connectivity index is 1.53. The summed E-state index contributed by atoms with van der Waals surface area (Å²) in [5.74, 6) is -0.559. The number of nitrogens with two attached hydrogens (primary N) is 1. The zero-order valence-electron chi connectivity index (χ0n) is 17.8. The van der Waals surface area contributed by atoms with Crippen LogP contribution in [0.2, 0.25) is 0 Å². The van der Waals surface area contributed by atoms with E-state index in [4.69, 9.17) is 12.3 Å². The normalized spacial score (nSPS) is 18.3. The van der Waals surface area contributed by atoms with Crippen molar-refractivity contribution in [3.05, 3.63) is 58.6 Å². The number of rotatable bonds is 7. The molecule has 0 bridgehead atoms. The molecule has 1 aliphatic heterocycles. The molecule has 1 saturated carbocycles. The number of nitrogens with one attached hydrogen (secondary N) is 1. The maximum atomic E-state index is 12.2. The third-order valence-electron chi connectivity index (χ3n) is 6.47. The van der Waals surface area contributed by atoms with E-state index in [9.17, 15) is 9.59 Å². The van der Waals surface area contributed by atoms with E-state index < -0.39 is 11.4 Å². The van der Waals surface area contributed by atoms with Gasteiger partial charge in [0.2, 0.25) is 12.5 Å². The first-order valence-corrected chi connectivity index (χ1v) is 10.7. The first-order chi connectivity index (χ1) is 14.9. The van der Waals surface area contributed by atoms with Gasteiger partial charge >= 0.3 is 0 Å². The van der Waals surface area contributed by atoms with E-state index in [2.05, 4.69) is 45.3 Å². The molecule has 2 fully saturated rings. The third kappa shape index (κ3) is 4.47. The zero-order valence-corrected chi connectivity index (χ0v) is 17.8. The number of hydrogen-bond acceptors (Lipinski definition) is 4. The van der Waals surface area contributed by atoms with Crippen LogP contribution in [-0.2, 0) is 16.9 Å². The van der Waals surface area contributed by atoms with Crippen molar-refractivity contribution in [3.63, 3.8) is 0 Å². The number of amides is 2. The summed E-state index contributed by atoms with van der Waals surface area (Å²) < 4.78 is 1.71. The SMILES string of the molecule is [C-]#[N+]CC1(n2cc(C(N)=O)c(NC(=O)C3CC3)n2)CCN(Cc2ccccc2C)CC1. The Morgan fingerprint density at radius 2 is 2.00 bits per heavy atom. The summed E-state index contributed by atoms with van der Waals surface area (Å²) in [7, 11) is 0. The summed E-state index contributed by atoms with van der Waals surface area (Å²) in [5.41, 5.74) is 7.81. The van der Waals surface area contributed by atoms with E-state index in [-0.39, 0.29) is 29.8 Å². The zero-order chi connectivity index (χ0) is 22.0. The van der Waals surface area contributed by atoms with Crippen molar-refractivity contribution in [2.75, 3.05) is 25.0 Å². The predicted molar refractivity (Wildman–Crippen MR) is 117 cm³/mol. The number of aromatic nitrogens is 2. The predicted octanol–water partition coefficient (Wildman–Crippen LogP) is 2.55. The minimum atomic E-state index is -0.632. The first-order valence-electron chi connectivity index (χ1n) is 10.7. The highest BCUT2D eigenvalue weighted by atomic mass is 16.2. The van der Waals surface area contributed by atoms with Crippen LogP contribution >= 0.6 is 0 Å². The number of carbonyl (C=O) groups excluding carboxylic acids is 2. The van der Waals surface area contributed by atoms with Crippen molar-refractivity contribution < 1.29 is 9.59 Å². The third-order valence-corrected chi connectivity index (χ3v) is 6.47. The topological polar surface area (TPSA) is 97.6 Å². The maximum Gasteiger partial charge on any atom is 0.254 e. The molecule has 1 aromatic heterocycles. The van der Waals surface area contributed by atoms with Crippen LogP contribution in [0.1, 0.15) is 47.2 Å². The molecule has 0 radical (unpaired) electrons. The van der Waals surface area contributed by atoms with Crippen LogP contribution in [0.5, 0.6) is 0 Å². The summed E-state index contributed by atoms with van der Waals surface area (Å²) in [6.45, 7) is 12.4. The second-order valence-electron chi connectivity index (χ2n) is 8.71. The smallest absolute Gasteiger partial charge is 0.254 e. The van der Waals surface area contributed by atoms with Crippen molar-refractivity contribution in [3.8, 4) is 0 Å². The average Bonchev–Trinajstić information content (AvgIpc) is 3.51. The number of benzene rings is 1. The van der Waals surface area contributed by atoms with E-state index in [1.54, 1.807) is 10.9 Å². The van der Waals surface area contributed by atoms with Gasteiger partial charge in [-0.3, -0.25) is 19.2 Å². The van der Waals surface area contributed by atoms with Crippen molar-refractivity contribution in [1.82, 2.24) is 14.7 Å². The van der Waals surface area contributed by atoms with Crippen LogP contribution in [0.3, 0.4) is 0 Å². The van der Waals surface area contributed by atoms with Gasteiger partial charge in [-0.25, -0.2) is 6.57 Å². The van der Waals surface area contributed by atoms with Gasteiger partial charge < -0.3 is 15.9 Å². The molecule has 162 valence electrons. The fraction of sp³-hybridized carbons (Fsp3) is 0.478. The molecule has 31 heavy (non-hydrogen) atoms. The monoisotopic (exact) mass is 420 g/mol. The number of likely N-dealkylation sites (tertiary alicyclic amines) is 1. The maximum absolute atomic E-state index is 12.2. The summed E-state index contributed by atoms with van der Waals surface area (Å²) in [5, 5.41) is 7.30. The molecule has 2 amide bonds. The molecule has 0 spiro atoms. The fourth-order valence-corrected chi connectivity index (χ4v) is 4.22. The molecule has 0 atom stereocenters. The van der Waals surface area contributed by atoms with Crippen molar-refractivity contribution in [2.24, 2.45) is 11.7 Å². The Morgan fingerprint density at radius 3 is 2.61 bits per heavy atom. The average molecular weight is 421 g/mol. The molecule has 2 aromatic rings. The van der Waals surface area contributed by atoms with Gasteiger partial charge in [0, 0.05) is 31.7 Å². The highest BCUT2D eigenvalue weighted by Gasteiger charge is 2.41. The van der Waals surface area contributed by atoms with Gasteiger partial charge in [-0.15, -0.1) is 0 Å². The van der Waals surface area contributed by atoms with E-state index in [0.29, 0.717) is 0 Å². The first kappa shape index (κ1) is 21.1. The second kappa shape index (κ2) is 8.52. The van der Waals surface area contributed by atoms with Gasteiger partial charge in [0.05, 0.1) is 0 Å². The molecule has 1 saturated heterocycles. The number of hydrogen-bond donors (Lipinski definition) is 2. The number of nitrogens with zero attached hydrogens (tertiary/aromatic N) is 4. The Bertz CT molecular complexity index is 1020. The van der Waals surface area contributed by atoms with Crippen LogP contribution < -0.4 is 11.1 Å². The molecule has 2 heterocycles. The number of carbonyl (C=O) groups is 2. The molecule has 1 aromatic carbocycles. The largest absolute Gasteiger partial charge is 0.365 e. The molecule has 8 nitrogen and oxygen atoms in total. The molecule has 8 heteroatoms. The number of anilines is 1. The Kier molecular flexibility index (Phi) is 5.79. The standard InChI is InChI=1S/C23H28N6O2/c1-16-5-3-4-6-18(16)13-28-11-9-23(10-12-28,15-25-2)29-14-19(20(24)30)21(27-29)26-22(31)17-7-8-17/h3-6,14,17H,7-13,15H2,1H3,(H2,24,30)(H,26,27,31). The lowest BCUT2D eigenvalue weighted by molar-refractivity contribution is -0.117. The minimum absolute atomic E-state index is 0.00670. The number of primary amides is 1. The van der Waals surface area contributed by atoms with Gasteiger partial charge in [0.15, 0.2) is 5.82 Å². The Labute approximate surface area is 182 Å². The van der Waals surface area contributed by atoms with Crippen LogP contribution in [0.15, 0.2) is 30.5 Å². The van der Waals surface area contributed by atoms with Gasteiger partial charge in [0.1, 0.15) is 11.1 Å². The van der Waals surface area contributed by atoms with Crippen molar-refractivity contribution >= 4 is 17.6 Å². The lowest BCUT2D eigenvalue weighted by atomic mass is 9.87. The fourth-order valence-electron chi connectivity index (χ4n) is 4.22. The molecule has 0 unspecified atom stereocenters. The van der Waals surface area contributed by atoms with Crippen LogP contribution in [0, 0.1) is 19.4 Å². The number of piperidine rings is 1. The highest BCUT2D eigenvalue weighted by Crippen LogP contribution is 2.34. The van der Waals surface area contributed by atoms with Crippen molar-refractivity contribution in [1.29, 1.82) is 0 Å². The summed E-state index contributed by atoms with van der Waals surface area (Å²) in [6, 6.07) is 8.37. The quantitative estimate of drug-likeness (QED) is 0.673. The minimum Gasteiger partial charge on any atom is -0.365 e. The van der Waals surface area contributed by atoms with Gasteiger partial charge in [-0.1, -0.05) is 24.3 Å². The molecular formula is C23H28N6O2. The summed E-state index contributed by atoms with van der Waals surface area (Å²) in [4.78, 5) is 30.3. The summed E-state index contributed by atoms with van der Waals surface area (Å²) >= 11 is 0. The molecule has 3 N–H and O–H groups in total. The Hall–Kier alpha value is -3.18. The molecule has 2 aliphatic rings. The van der Waals surface area contributed by atoms with E-state index in [1.165, 1.54) is 11.1 Å². The van der Waals surface area contributed by atoms with E-state index in [0.717, 1.165) is 45.3 Å². The molecule has 1 aliphatic carbocycles. The van der Waals surface area contributed by atoms with Crippen LogP contribution in [-0.4, -0.2) is 46.1 Å². The lowest BCUT2D eigenvalue weighted by Gasteiger charge is -2.39. The van der Waals surface area contributed by atoms with Gasteiger partial charge in [-0.05, 0) is 43.7 Å². The number of aryl methyl sites for hydroxylation is 1. The second-order valence-corrected chi connectivity index (χ2v) is 8.71. The van der Waals surface area contributed by atoms with E-state index in [1.807, 2.05) is 6.07 Å². The van der Waals surface area contributed by atoms with Crippen molar-refractivity contribution in [2.45, 2.75) is 44.7 Å². The van der Waals surface area contributed by atoms with Crippen LogP contribution in [0.25, 0.3) is 4.85 Å².